The molecule has 15 heavy (non-hydrogen) atoms. The second kappa shape index (κ2) is 4.86. The van der Waals surface area contributed by atoms with E-state index in [0.29, 0.717) is 4.47 Å². The average molecular weight is 345 g/mol. The zero-order valence-corrected chi connectivity index (χ0v) is 10.7. The van der Waals surface area contributed by atoms with Gasteiger partial charge in [0.1, 0.15) is 6.61 Å². The van der Waals surface area contributed by atoms with Gasteiger partial charge in [-0.1, -0.05) is 6.07 Å². The van der Waals surface area contributed by atoms with E-state index in [-0.39, 0.29) is 5.56 Å². The van der Waals surface area contributed by atoms with Gasteiger partial charge in [-0.3, -0.25) is 0 Å². The predicted molar refractivity (Wildman–Crippen MR) is 60.8 cm³/mol. The van der Waals surface area contributed by atoms with Gasteiger partial charge in [-0.2, -0.15) is 0 Å². The van der Waals surface area contributed by atoms with Gasteiger partial charge < -0.3 is 10.8 Å². The topological polar surface area (TPSA) is 46.2 Å². The molecule has 2 nitrogen and oxygen atoms in total. The van der Waals surface area contributed by atoms with Crippen molar-refractivity contribution in [1.29, 1.82) is 0 Å². The van der Waals surface area contributed by atoms with E-state index in [2.05, 4.69) is 31.9 Å². The van der Waals surface area contributed by atoms with Crippen LogP contribution < -0.4 is 5.73 Å². The third kappa shape index (κ3) is 2.96. The van der Waals surface area contributed by atoms with Crippen LogP contribution in [-0.4, -0.2) is 17.6 Å². The fourth-order valence-corrected chi connectivity index (χ4v) is 1.69. The summed E-state index contributed by atoms with van der Waals surface area (Å²) in [6.07, 6.45) is 0. The first-order chi connectivity index (χ1) is 6.88. The van der Waals surface area contributed by atoms with Gasteiger partial charge >= 0.3 is 0 Å². The van der Waals surface area contributed by atoms with E-state index in [1.165, 1.54) is 12.1 Å². The van der Waals surface area contributed by atoms with Crippen LogP contribution in [0.2, 0.25) is 0 Å². The van der Waals surface area contributed by atoms with Gasteiger partial charge in [-0.25, -0.2) is 8.78 Å². The summed E-state index contributed by atoms with van der Waals surface area (Å²) < 4.78 is 27.5. The van der Waals surface area contributed by atoms with Gasteiger partial charge in [0.25, 0.3) is 5.92 Å². The number of halogens is 4. The molecule has 0 saturated heterocycles. The van der Waals surface area contributed by atoms with Crippen LogP contribution in [0.3, 0.4) is 0 Å². The molecular formula is C9H9Br2F2NO. The third-order valence-electron chi connectivity index (χ3n) is 1.97. The van der Waals surface area contributed by atoms with Gasteiger partial charge in [0.15, 0.2) is 0 Å². The van der Waals surface area contributed by atoms with Crippen LogP contribution in [0.1, 0.15) is 11.6 Å². The molecule has 0 aromatic heterocycles. The molecule has 1 aromatic rings. The number of nitrogens with two attached hydrogens (primary N) is 1. The van der Waals surface area contributed by atoms with Crippen molar-refractivity contribution in [3.05, 3.63) is 32.7 Å². The quantitative estimate of drug-likeness (QED) is 0.885. The molecule has 0 aliphatic rings. The lowest BCUT2D eigenvalue weighted by Gasteiger charge is -2.21. The highest BCUT2D eigenvalue weighted by molar-refractivity contribution is 9.13. The molecule has 0 aliphatic heterocycles. The fraction of sp³-hybridized carbons (Fsp3) is 0.333. The largest absolute Gasteiger partial charge is 0.390 e. The smallest absolute Gasteiger partial charge is 0.289 e. The summed E-state index contributed by atoms with van der Waals surface area (Å²) in [4.78, 5) is 0. The molecule has 0 unspecified atom stereocenters. The lowest BCUT2D eigenvalue weighted by Crippen LogP contribution is -2.36. The molecule has 0 fully saturated rings. The number of alkyl halides is 2. The molecular weight excluding hydrogens is 336 g/mol. The van der Waals surface area contributed by atoms with Crippen LogP contribution in [0, 0.1) is 0 Å². The average Bonchev–Trinajstić information content (AvgIpc) is 2.21. The molecule has 0 amide bonds. The standard InChI is InChI=1S/C9H9Br2F2NO/c10-6-2-1-5(3-7(6)11)8(14)9(12,13)4-15/h1-3,8,15H,4,14H2/t8-/m0/s1. The van der Waals surface area contributed by atoms with E-state index in [4.69, 9.17) is 10.8 Å². The van der Waals surface area contributed by atoms with Gasteiger partial charge in [0.05, 0.1) is 6.04 Å². The molecule has 0 aliphatic carbocycles. The molecule has 0 heterocycles. The summed E-state index contributed by atoms with van der Waals surface area (Å²) in [7, 11) is 0. The van der Waals surface area contributed by atoms with Crippen LogP contribution in [-0.2, 0) is 0 Å². The van der Waals surface area contributed by atoms with Gasteiger partial charge in [0.2, 0.25) is 0 Å². The molecule has 0 bridgehead atoms. The van der Waals surface area contributed by atoms with E-state index in [9.17, 15) is 8.78 Å². The zero-order chi connectivity index (χ0) is 11.6. The predicted octanol–water partition coefficient (Wildman–Crippen LogP) is 2.84. The van der Waals surface area contributed by atoms with Crippen molar-refractivity contribution in [2.45, 2.75) is 12.0 Å². The highest BCUT2D eigenvalue weighted by Gasteiger charge is 2.37. The summed E-state index contributed by atoms with van der Waals surface area (Å²) in [5.41, 5.74) is 5.62. The van der Waals surface area contributed by atoms with Crippen LogP contribution in [0.25, 0.3) is 0 Å². The molecule has 1 rings (SSSR count). The summed E-state index contributed by atoms with van der Waals surface area (Å²) in [5.74, 6) is -3.31. The maximum atomic E-state index is 13.1. The summed E-state index contributed by atoms with van der Waals surface area (Å²) in [5, 5.41) is 8.50. The minimum atomic E-state index is -3.31. The molecule has 0 radical (unpaired) electrons. The SMILES string of the molecule is N[C@@H](c1ccc(Br)c(Br)c1)C(F)(F)CO. The van der Waals surface area contributed by atoms with Crippen molar-refractivity contribution in [2.24, 2.45) is 5.73 Å². The Morgan fingerprint density at radius 1 is 1.33 bits per heavy atom. The van der Waals surface area contributed by atoms with Crippen LogP contribution in [0.5, 0.6) is 0 Å². The monoisotopic (exact) mass is 343 g/mol. The van der Waals surface area contributed by atoms with Crippen molar-refractivity contribution in [2.75, 3.05) is 6.61 Å². The molecule has 84 valence electrons. The lowest BCUT2D eigenvalue weighted by atomic mass is 10.0. The third-order valence-corrected chi connectivity index (χ3v) is 3.85. The van der Waals surface area contributed by atoms with Gasteiger partial charge in [-0.05, 0) is 49.6 Å². The van der Waals surface area contributed by atoms with Crippen molar-refractivity contribution < 1.29 is 13.9 Å². The van der Waals surface area contributed by atoms with Crippen LogP contribution in [0.15, 0.2) is 27.1 Å². The van der Waals surface area contributed by atoms with E-state index in [1.54, 1.807) is 6.07 Å². The number of benzene rings is 1. The number of aliphatic hydroxyl groups excluding tert-OH is 1. The van der Waals surface area contributed by atoms with Crippen molar-refractivity contribution in [3.8, 4) is 0 Å². The summed E-state index contributed by atoms with van der Waals surface area (Å²) in [6.45, 7) is -1.26. The zero-order valence-electron chi connectivity index (χ0n) is 7.55. The fourth-order valence-electron chi connectivity index (χ4n) is 1.05. The Balaban J connectivity index is 3.02. The van der Waals surface area contributed by atoms with Crippen LogP contribution in [0.4, 0.5) is 8.78 Å². The lowest BCUT2D eigenvalue weighted by molar-refractivity contribution is -0.0711. The Hall–Kier alpha value is -0.0400. The Morgan fingerprint density at radius 3 is 2.40 bits per heavy atom. The highest BCUT2D eigenvalue weighted by atomic mass is 79.9. The van der Waals surface area contributed by atoms with Crippen molar-refractivity contribution >= 4 is 31.9 Å². The molecule has 1 aromatic carbocycles. The summed E-state index contributed by atoms with van der Waals surface area (Å²) >= 11 is 6.41. The Kier molecular flexibility index (Phi) is 4.22. The molecule has 3 N–H and O–H groups in total. The van der Waals surface area contributed by atoms with E-state index >= 15 is 0 Å². The van der Waals surface area contributed by atoms with E-state index < -0.39 is 18.6 Å². The van der Waals surface area contributed by atoms with Crippen LogP contribution >= 0.6 is 31.9 Å². The van der Waals surface area contributed by atoms with Gasteiger partial charge in [0, 0.05) is 8.95 Å². The Labute approximate surface area is 103 Å². The van der Waals surface area contributed by atoms with Crippen molar-refractivity contribution in [3.63, 3.8) is 0 Å². The minimum Gasteiger partial charge on any atom is -0.390 e. The number of aliphatic hydroxyl groups is 1. The molecule has 0 saturated carbocycles. The maximum Gasteiger partial charge on any atom is 0.289 e. The highest BCUT2D eigenvalue weighted by Crippen LogP contribution is 2.32. The summed E-state index contributed by atoms with van der Waals surface area (Å²) in [6, 6.07) is 3.10. The van der Waals surface area contributed by atoms with Gasteiger partial charge in [-0.15, -0.1) is 0 Å². The number of rotatable bonds is 3. The molecule has 1 atom stereocenters. The number of hydrogen-bond donors (Lipinski definition) is 2. The first kappa shape index (κ1) is 13.0. The van der Waals surface area contributed by atoms with Crippen molar-refractivity contribution in [1.82, 2.24) is 0 Å². The maximum absolute atomic E-state index is 13.1. The molecule has 6 heteroatoms. The Morgan fingerprint density at radius 2 is 1.93 bits per heavy atom. The first-order valence-corrected chi connectivity index (χ1v) is 5.66. The second-order valence-corrected chi connectivity index (χ2v) is 4.78. The number of hydrogen-bond acceptors (Lipinski definition) is 2. The second-order valence-electron chi connectivity index (χ2n) is 3.07. The van der Waals surface area contributed by atoms with E-state index in [1.807, 2.05) is 0 Å². The Bertz CT molecular complexity index is 360. The normalized spacial score (nSPS) is 14.0. The minimum absolute atomic E-state index is 0.268. The molecule has 0 spiro atoms. The van der Waals surface area contributed by atoms with E-state index in [0.717, 1.165) is 4.47 Å². The first-order valence-electron chi connectivity index (χ1n) is 4.07.